The zero-order chi connectivity index (χ0) is 12.6. The predicted molar refractivity (Wildman–Crippen MR) is 69.0 cm³/mol. The minimum absolute atomic E-state index is 0.628. The van der Waals surface area contributed by atoms with Gasteiger partial charge in [-0.2, -0.15) is 5.10 Å². The van der Waals surface area contributed by atoms with E-state index >= 15 is 0 Å². The zero-order valence-corrected chi connectivity index (χ0v) is 10.7. The van der Waals surface area contributed by atoms with Gasteiger partial charge in [0.1, 0.15) is 5.75 Å². The minimum atomic E-state index is 0.628. The van der Waals surface area contributed by atoms with Crippen LogP contribution in [0.2, 0.25) is 5.02 Å². The van der Waals surface area contributed by atoms with E-state index in [1.165, 1.54) is 0 Å². The number of hydrogen-bond acceptors (Lipinski definition) is 3. The number of methoxy groups -OCH3 is 1. The molecule has 5 heteroatoms. The van der Waals surface area contributed by atoms with E-state index in [0.29, 0.717) is 16.5 Å². The summed E-state index contributed by atoms with van der Waals surface area (Å²) in [7, 11) is 1.60. The second-order valence-electron chi connectivity index (χ2n) is 3.86. The number of ether oxygens (including phenoxy) is 1. The van der Waals surface area contributed by atoms with Crippen molar-refractivity contribution in [3.8, 4) is 11.4 Å². The second kappa shape index (κ2) is 4.30. The summed E-state index contributed by atoms with van der Waals surface area (Å²) in [6, 6.07) is 5.46. The Bertz CT molecular complexity index is 563. The molecule has 2 rings (SSSR count). The fraction of sp³-hybridized carbons (Fsp3) is 0.250. The molecule has 17 heavy (non-hydrogen) atoms. The summed E-state index contributed by atoms with van der Waals surface area (Å²) in [6.45, 7) is 3.79. The van der Waals surface area contributed by atoms with Gasteiger partial charge in [-0.3, -0.25) is 0 Å². The van der Waals surface area contributed by atoms with Crippen LogP contribution in [0.25, 0.3) is 5.69 Å². The molecule has 0 aliphatic carbocycles. The lowest BCUT2D eigenvalue weighted by atomic mass is 10.2. The zero-order valence-electron chi connectivity index (χ0n) is 9.99. The fourth-order valence-electron chi connectivity index (χ4n) is 1.72. The summed E-state index contributed by atoms with van der Waals surface area (Å²) in [5.41, 5.74) is 8.97. The monoisotopic (exact) mass is 251 g/mol. The highest BCUT2D eigenvalue weighted by Gasteiger charge is 2.11. The molecular weight excluding hydrogens is 238 g/mol. The van der Waals surface area contributed by atoms with Crippen molar-refractivity contribution in [2.75, 3.05) is 12.8 Å². The number of nitrogens with zero attached hydrogens (tertiary/aromatic N) is 2. The average Bonchev–Trinajstić information content (AvgIpc) is 2.56. The molecule has 1 aromatic carbocycles. The standard InChI is InChI=1S/C12H14ClN3O/c1-7-12(13)8(2)16(15-7)10-4-9(14)5-11(6-10)17-3/h4-6H,14H2,1-3H3. The van der Waals surface area contributed by atoms with E-state index < -0.39 is 0 Å². The normalized spacial score (nSPS) is 10.6. The van der Waals surface area contributed by atoms with Gasteiger partial charge in [0, 0.05) is 17.8 Å². The van der Waals surface area contributed by atoms with Crippen molar-refractivity contribution in [1.82, 2.24) is 9.78 Å². The molecule has 2 N–H and O–H groups in total. The lowest BCUT2D eigenvalue weighted by Crippen LogP contribution is -2.01. The van der Waals surface area contributed by atoms with Crippen molar-refractivity contribution >= 4 is 17.3 Å². The van der Waals surface area contributed by atoms with Crippen LogP contribution in [0, 0.1) is 13.8 Å². The molecule has 0 saturated carbocycles. The van der Waals surface area contributed by atoms with Crippen LogP contribution in [0.3, 0.4) is 0 Å². The maximum Gasteiger partial charge on any atom is 0.123 e. The van der Waals surface area contributed by atoms with Gasteiger partial charge in [0.15, 0.2) is 0 Å². The molecule has 90 valence electrons. The molecule has 0 unspecified atom stereocenters. The first kappa shape index (κ1) is 11.8. The Labute approximate surface area is 105 Å². The molecule has 0 spiro atoms. The minimum Gasteiger partial charge on any atom is -0.497 e. The van der Waals surface area contributed by atoms with Crippen LogP contribution < -0.4 is 10.5 Å². The number of rotatable bonds is 2. The SMILES string of the molecule is COc1cc(N)cc(-n2nc(C)c(Cl)c2C)c1. The van der Waals surface area contributed by atoms with Crippen molar-refractivity contribution < 1.29 is 4.74 Å². The first-order chi connectivity index (χ1) is 8.02. The second-order valence-corrected chi connectivity index (χ2v) is 4.24. The van der Waals surface area contributed by atoms with E-state index in [9.17, 15) is 0 Å². The largest absolute Gasteiger partial charge is 0.497 e. The number of hydrogen-bond donors (Lipinski definition) is 1. The van der Waals surface area contributed by atoms with E-state index in [1.54, 1.807) is 17.9 Å². The highest BCUT2D eigenvalue weighted by molar-refractivity contribution is 6.31. The molecule has 0 atom stereocenters. The van der Waals surface area contributed by atoms with Crippen LogP contribution in [0.5, 0.6) is 5.75 Å². The van der Waals surface area contributed by atoms with Gasteiger partial charge in [-0.25, -0.2) is 4.68 Å². The summed E-state index contributed by atoms with van der Waals surface area (Å²) in [6.07, 6.45) is 0. The molecule has 1 heterocycles. The summed E-state index contributed by atoms with van der Waals surface area (Å²) in [5, 5.41) is 5.04. The average molecular weight is 252 g/mol. The van der Waals surface area contributed by atoms with Gasteiger partial charge in [-0.05, 0) is 19.9 Å². The molecule has 0 saturated heterocycles. The molecular formula is C12H14ClN3O. The maximum absolute atomic E-state index is 6.12. The third kappa shape index (κ3) is 2.08. The lowest BCUT2D eigenvalue weighted by molar-refractivity contribution is 0.414. The molecule has 4 nitrogen and oxygen atoms in total. The van der Waals surface area contributed by atoms with Crippen molar-refractivity contribution in [3.05, 3.63) is 34.6 Å². The number of nitrogens with two attached hydrogens (primary N) is 1. The van der Waals surface area contributed by atoms with Gasteiger partial charge in [0.05, 0.1) is 29.2 Å². The fourth-order valence-corrected chi connectivity index (χ4v) is 1.84. The highest BCUT2D eigenvalue weighted by atomic mass is 35.5. The molecule has 0 fully saturated rings. The molecule has 2 aromatic rings. The van der Waals surface area contributed by atoms with E-state index in [0.717, 1.165) is 17.1 Å². The summed E-state index contributed by atoms with van der Waals surface area (Å²) < 4.78 is 6.94. The quantitative estimate of drug-likeness (QED) is 0.835. The van der Waals surface area contributed by atoms with Crippen LogP contribution in [0.1, 0.15) is 11.4 Å². The van der Waals surface area contributed by atoms with Crippen LogP contribution in [-0.4, -0.2) is 16.9 Å². The first-order valence-corrected chi connectivity index (χ1v) is 5.57. The molecule has 0 aliphatic heterocycles. The Balaban J connectivity index is 2.59. The number of benzene rings is 1. The van der Waals surface area contributed by atoms with Crippen LogP contribution in [-0.2, 0) is 0 Å². The number of anilines is 1. The predicted octanol–water partition coefficient (Wildman–Crippen LogP) is 2.73. The van der Waals surface area contributed by atoms with Gasteiger partial charge in [-0.1, -0.05) is 11.6 Å². The van der Waals surface area contributed by atoms with E-state index in [2.05, 4.69) is 5.10 Å². The van der Waals surface area contributed by atoms with Gasteiger partial charge >= 0.3 is 0 Å². The van der Waals surface area contributed by atoms with Crippen molar-refractivity contribution in [2.45, 2.75) is 13.8 Å². The van der Waals surface area contributed by atoms with Gasteiger partial charge < -0.3 is 10.5 Å². The Morgan fingerprint density at radius 2 is 2.00 bits per heavy atom. The molecule has 0 radical (unpaired) electrons. The van der Waals surface area contributed by atoms with Crippen LogP contribution in [0.4, 0.5) is 5.69 Å². The topological polar surface area (TPSA) is 53.1 Å². The highest BCUT2D eigenvalue weighted by Crippen LogP contribution is 2.26. The Hall–Kier alpha value is -1.68. The van der Waals surface area contributed by atoms with E-state index in [1.807, 2.05) is 26.0 Å². The number of aryl methyl sites for hydroxylation is 1. The lowest BCUT2D eigenvalue weighted by Gasteiger charge is -2.08. The third-order valence-corrected chi connectivity index (χ3v) is 3.14. The van der Waals surface area contributed by atoms with Crippen molar-refractivity contribution in [3.63, 3.8) is 0 Å². The molecule has 0 aliphatic rings. The van der Waals surface area contributed by atoms with E-state index in [4.69, 9.17) is 22.1 Å². The Morgan fingerprint density at radius 1 is 1.29 bits per heavy atom. The van der Waals surface area contributed by atoms with Crippen molar-refractivity contribution in [1.29, 1.82) is 0 Å². The Morgan fingerprint density at radius 3 is 2.53 bits per heavy atom. The molecule has 0 bridgehead atoms. The summed E-state index contributed by atoms with van der Waals surface area (Å²) in [5.74, 6) is 0.698. The van der Waals surface area contributed by atoms with Crippen molar-refractivity contribution in [2.24, 2.45) is 0 Å². The number of halogens is 1. The van der Waals surface area contributed by atoms with Gasteiger partial charge in [-0.15, -0.1) is 0 Å². The smallest absolute Gasteiger partial charge is 0.123 e. The third-order valence-electron chi connectivity index (χ3n) is 2.60. The van der Waals surface area contributed by atoms with E-state index in [-0.39, 0.29) is 0 Å². The van der Waals surface area contributed by atoms with Crippen LogP contribution in [0.15, 0.2) is 18.2 Å². The maximum atomic E-state index is 6.12. The Kier molecular flexibility index (Phi) is 2.98. The number of nitrogen functional groups attached to an aromatic ring is 1. The summed E-state index contributed by atoms with van der Waals surface area (Å²) in [4.78, 5) is 0. The molecule has 0 amide bonds. The first-order valence-electron chi connectivity index (χ1n) is 5.19. The summed E-state index contributed by atoms with van der Waals surface area (Å²) >= 11 is 6.12. The van der Waals surface area contributed by atoms with Crippen LogP contribution >= 0.6 is 11.6 Å². The number of aromatic nitrogens is 2. The van der Waals surface area contributed by atoms with Gasteiger partial charge in [0.25, 0.3) is 0 Å². The van der Waals surface area contributed by atoms with Gasteiger partial charge in [0.2, 0.25) is 0 Å². The molecule has 1 aromatic heterocycles.